The Balaban J connectivity index is 1.87. The van der Waals surface area contributed by atoms with E-state index in [1.54, 1.807) is 12.4 Å². The molecule has 1 aromatic heterocycles. The zero-order valence-electron chi connectivity index (χ0n) is 8.14. The fourth-order valence-corrected chi connectivity index (χ4v) is 1.48. The van der Waals surface area contributed by atoms with E-state index in [2.05, 4.69) is 15.6 Å². The average Bonchev–Trinajstić information content (AvgIpc) is 2.74. The number of aromatic nitrogens is 2. The molecule has 80 valence electrons. The van der Waals surface area contributed by atoms with E-state index in [9.17, 15) is 9.59 Å². The Hall–Kier alpha value is -1.85. The van der Waals surface area contributed by atoms with Gasteiger partial charge in [-0.05, 0) is 6.42 Å². The molecule has 2 heterocycles. The van der Waals surface area contributed by atoms with Crippen LogP contribution < -0.4 is 10.6 Å². The standard InChI is InChI=1S/C9H12N4O2/c14-8-2-1-7(5-11-8)12-9(15)13-4-3-10-6-13/h3-4,6-7H,1-2,5H2,(H,11,14)(H,12,15). The minimum absolute atomic E-state index is 0.0117. The van der Waals surface area contributed by atoms with Gasteiger partial charge >= 0.3 is 6.03 Å². The molecule has 0 radical (unpaired) electrons. The second-order valence-corrected chi connectivity index (χ2v) is 3.46. The number of hydrogen-bond donors (Lipinski definition) is 2. The summed E-state index contributed by atoms with van der Waals surface area (Å²) in [6.07, 6.45) is 5.72. The van der Waals surface area contributed by atoms with Gasteiger partial charge in [0, 0.05) is 31.4 Å². The SMILES string of the molecule is O=C1CCC(NC(=O)n2ccnc2)CN1. The van der Waals surface area contributed by atoms with Crippen LogP contribution in [0.4, 0.5) is 4.79 Å². The number of piperidine rings is 1. The van der Waals surface area contributed by atoms with Crippen molar-refractivity contribution in [3.05, 3.63) is 18.7 Å². The first-order valence-corrected chi connectivity index (χ1v) is 4.81. The van der Waals surface area contributed by atoms with Gasteiger partial charge in [-0.15, -0.1) is 0 Å². The van der Waals surface area contributed by atoms with E-state index >= 15 is 0 Å². The predicted octanol–water partition coefficient (Wildman–Crippen LogP) is -0.281. The highest BCUT2D eigenvalue weighted by atomic mass is 16.2. The number of rotatable bonds is 1. The van der Waals surface area contributed by atoms with Gasteiger partial charge in [0.2, 0.25) is 5.91 Å². The highest BCUT2D eigenvalue weighted by molar-refractivity contribution is 5.79. The predicted molar refractivity (Wildman–Crippen MR) is 52.2 cm³/mol. The van der Waals surface area contributed by atoms with Crippen LogP contribution in [0.15, 0.2) is 18.7 Å². The lowest BCUT2D eigenvalue weighted by atomic mass is 10.1. The van der Waals surface area contributed by atoms with Crippen molar-refractivity contribution in [3.63, 3.8) is 0 Å². The highest BCUT2D eigenvalue weighted by Crippen LogP contribution is 2.02. The van der Waals surface area contributed by atoms with E-state index in [-0.39, 0.29) is 18.0 Å². The zero-order valence-corrected chi connectivity index (χ0v) is 8.14. The summed E-state index contributed by atoms with van der Waals surface area (Å²) >= 11 is 0. The summed E-state index contributed by atoms with van der Waals surface area (Å²) in [6, 6.07) is -0.203. The average molecular weight is 208 g/mol. The first-order valence-electron chi connectivity index (χ1n) is 4.81. The summed E-state index contributed by atoms with van der Waals surface area (Å²) in [4.78, 5) is 26.2. The molecule has 1 unspecified atom stereocenters. The molecule has 1 saturated heterocycles. The van der Waals surface area contributed by atoms with Gasteiger partial charge in [-0.25, -0.2) is 9.78 Å². The molecule has 1 aliphatic rings. The molecule has 0 spiro atoms. The summed E-state index contributed by atoms with van der Waals surface area (Å²) in [6.45, 7) is 0.499. The van der Waals surface area contributed by atoms with Crippen LogP contribution in [0.3, 0.4) is 0 Å². The number of hydrogen-bond acceptors (Lipinski definition) is 3. The summed E-state index contributed by atoms with van der Waals surface area (Å²) in [7, 11) is 0. The Morgan fingerprint density at radius 2 is 2.53 bits per heavy atom. The van der Waals surface area contributed by atoms with Crippen molar-refractivity contribution in [2.45, 2.75) is 18.9 Å². The second kappa shape index (κ2) is 4.12. The molecule has 6 nitrogen and oxygen atoms in total. The lowest BCUT2D eigenvalue weighted by Gasteiger charge is -2.23. The van der Waals surface area contributed by atoms with Crippen LogP contribution in [-0.2, 0) is 4.79 Å². The van der Waals surface area contributed by atoms with Gasteiger partial charge in [0.15, 0.2) is 0 Å². The van der Waals surface area contributed by atoms with Crippen molar-refractivity contribution in [3.8, 4) is 0 Å². The molecule has 2 N–H and O–H groups in total. The number of nitrogens with zero attached hydrogens (tertiary/aromatic N) is 2. The van der Waals surface area contributed by atoms with Crippen molar-refractivity contribution in [1.82, 2.24) is 20.2 Å². The van der Waals surface area contributed by atoms with Crippen molar-refractivity contribution in [2.75, 3.05) is 6.54 Å². The summed E-state index contributed by atoms with van der Waals surface area (Å²) < 4.78 is 1.37. The van der Waals surface area contributed by atoms with Gasteiger partial charge in [0.25, 0.3) is 0 Å². The third kappa shape index (κ3) is 2.34. The number of carbonyl (C=O) groups is 2. The molecule has 0 aliphatic carbocycles. The normalized spacial score (nSPS) is 20.8. The number of amides is 2. The van der Waals surface area contributed by atoms with E-state index in [1.807, 2.05) is 0 Å². The molecule has 0 aromatic carbocycles. The Bertz CT molecular complexity index is 350. The van der Waals surface area contributed by atoms with Crippen LogP contribution in [0.5, 0.6) is 0 Å². The lowest BCUT2D eigenvalue weighted by molar-refractivity contribution is -0.122. The topological polar surface area (TPSA) is 76.0 Å². The fraction of sp³-hybridized carbons (Fsp3) is 0.444. The molecule has 1 fully saturated rings. The zero-order chi connectivity index (χ0) is 10.7. The fourth-order valence-electron chi connectivity index (χ4n) is 1.48. The number of nitrogens with one attached hydrogen (secondary N) is 2. The first kappa shape index (κ1) is 9.70. The molecular formula is C9H12N4O2. The van der Waals surface area contributed by atoms with Crippen molar-refractivity contribution < 1.29 is 9.59 Å². The van der Waals surface area contributed by atoms with E-state index in [0.29, 0.717) is 19.4 Å². The maximum absolute atomic E-state index is 11.6. The second-order valence-electron chi connectivity index (χ2n) is 3.46. The summed E-state index contributed by atoms with van der Waals surface area (Å²) in [5, 5.41) is 5.52. The quantitative estimate of drug-likeness (QED) is 0.666. The molecule has 1 aromatic rings. The Morgan fingerprint density at radius 1 is 1.67 bits per heavy atom. The largest absolute Gasteiger partial charge is 0.354 e. The molecule has 6 heteroatoms. The van der Waals surface area contributed by atoms with Crippen molar-refractivity contribution in [2.24, 2.45) is 0 Å². The van der Waals surface area contributed by atoms with Crippen LogP contribution in [0.1, 0.15) is 12.8 Å². The highest BCUT2D eigenvalue weighted by Gasteiger charge is 2.19. The number of imidazole rings is 1. The molecular weight excluding hydrogens is 196 g/mol. The van der Waals surface area contributed by atoms with E-state index in [1.165, 1.54) is 10.9 Å². The van der Waals surface area contributed by atoms with E-state index < -0.39 is 0 Å². The van der Waals surface area contributed by atoms with Gasteiger partial charge in [-0.2, -0.15) is 0 Å². The van der Waals surface area contributed by atoms with Crippen LogP contribution in [-0.4, -0.2) is 34.1 Å². The van der Waals surface area contributed by atoms with Crippen molar-refractivity contribution >= 4 is 11.9 Å². The molecule has 0 bridgehead atoms. The third-order valence-electron chi connectivity index (χ3n) is 2.33. The molecule has 15 heavy (non-hydrogen) atoms. The minimum atomic E-state index is -0.214. The minimum Gasteiger partial charge on any atom is -0.354 e. The molecule has 0 saturated carbocycles. The first-order chi connectivity index (χ1) is 7.25. The van der Waals surface area contributed by atoms with Crippen molar-refractivity contribution in [1.29, 1.82) is 0 Å². The Kier molecular flexibility index (Phi) is 2.66. The Morgan fingerprint density at radius 3 is 3.13 bits per heavy atom. The monoisotopic (exact) mass is 208 g/mol. The van der Waals surface area contributed by atoms with E-state index in [0.717, 1.165) is 0 Å². The van der Waals surface area contributed by atoms with Gasteiger partial charge < -0.3 is 10.6 Å². The third-order valence-corrected chi connectivity index (χ3v) is 2.33. The Labute approximate surface area is 86.7 Å². The van der Waals surface area contributed by atoms with Gasteiger partial charge in [0.1, 0.15) is 6.33 Å². The molecule has 2 amide bonds. The molecule has 2 rings (SSSR count). The summed E-state index contributed by atoms with van der Waals surface area (Å²) in [5.41, 5.74) is 0. The van der Waals surface area contributed by atoms with Gasteiger partial charge in [0.05, 0.1) is 0 Å². The molecule has 1 atom stereocenters. The van der Waals surface area contributed by atoms with Crippen LogP contribution >= 0.6 is 0 Å². The molecule has 1 aliphatic heterocycles. The lowest BCUT2D eigenvalue weighted by Crippen LogP contribution is -2.48. The van der Waals surface area contributed by atoms with E-state index in [4.69, 9.17) is 0 Å². The maximum Gasteiger partial charge on any atom is 0.327 e. The van der Waals surface area contributed by atoms with Gasteiger partial charge in [-0.1, -0.05) is 0 Å². The maximum atomic E-state index is 11.6. The van der Waals surface area contributed by atoms with Crippen LogP contribution in [0, 0.1) is 0 Å². The van der Waals surface area contributed by atoms with Gasteiger partial charge in [-0.3, -0.25) is 9.36 Å². The van der Waals surface area contributed by atoms with Crippen LogP contribution in [0.2, 0.25) is 0 Å². The smallest absolute Gasteiger partial charge is 0.327 e. The number of carbonyl (C=O) groups excluding carboxylic acids is 2. The summed E-state index contributed by atoms with van der Waals surface area (Å²) in [5.74, 6) is 0.0446. The van der Waals surface area contributed by atoms with Crippen LogP contribution in [0.25, 0.3) is 0 Å².